The second-order valence-corrected chi connectivity index (χ2v) is 8.14. The first-order valence-corrected chi connectivity index (χ1v) is 11.3. The predicted molar refractivity (Wildman–Crippen MR) is 122 cm³/mol. The van der Waals surface area contributed by atoms with Crippen LogP contribution in [0.1, 0.15) is 65.2 Å². The largest absolute Gasteiger partial charge is 0.481 e. The Morgan fingerprint density at radius 1 is 0.576 bits per heavy atom. The van der Waals surface area contributed by atoms with Crippen molar-refractivity contribution in [2.45, 2.75) is 65.2 Å². The molecule has 0 atom stereocenters. The molecule has 33 heavy (non-hydrogen) atoms. The average Bonchev–Trinajstić information content (AvgIpc) is 2.82. The Morgan fingerprint density at radius 2 is 0.909 bits per heavy atom. The van der Waals surface area contributed by atoms with Crippen LogP contribution in [0.5, 0.6) is 0 Å². The molecule has 0 amide bonds. The van der Waals surface area contributed by atoms with Crippen LogP contribution in [-0.2, 0) is 14.3 Å². The Balaban J connectivity index is -0.000000469. The molecule has 0 aromatic heterocycles. The molecule has 0 aliphatic heterocycles. The summed E-state index contributed by atoms with van der Waals surface area (Å²) in [4.78, 5) is 19.7. The lowest BCUT2D eigenvalue weighted by molar-refractivity contribution is -0.138. The summed E-state index contributed by atoms with van der Waals surface area (Å²) in [5.74, 6) is -1.37. The standard InChI is InChI=1S/C10H22O7.C7H14O2.C5H10O2/c11-1-9(2-12,3-13)7-17-8-10(4-14,5-15)6-16;1-2-3-4-5-6-7(8)9;1-2-3-4-5(6)7/h11-16H,1-8H2;2-6H2,1H3,(H,8,9);2-4H2,1H3,(H,6,7). The summed E-state index contributed by atoms with van der Waals surface area (Å²) < 4.78 is 5.15. The normalized spacial score (nSPS) is 11.2. The number of ether oxygens (including phenoxy) is 1. The van der Waals surface area contributed by atoms with Crippen molar-refractivity contribution in [1.82, 2.24) is 0 Å². The topological polar surface area (TPSA) is 205 Å². The molecule has 8 N–H and O–H groups in total. The fourth-order valence-electron chi connectivity index (χ4n) is 2.09. The highest BCUT2D eigenvalue weighted by Crippen LogP contribution is 2.19. The van der Waals surface area contributed by atoms with Crippen molar-refractivity contribution in [2.75, 3.05) is 52.9 Å². The van der Waals surface area contributed by atoms with Gasteiger partial charge in [-0.05, 0) is 12.8 Å². The molecule has 200 valence electrons. The van der Waals surface area contributed by atoms with E-state index in [1.165, 1.54) is 6.42 Å². The van der Waals surface area contributed by atoms with Gasteiger partial charge in [0.15, 0.2) is 0 Å². The molecule has 0 fully saturated rings. The maximum atomic E-state index is 9.96. The van der Waals surface area contributed by atoms with Crippen LogP contribution < -0.4 is 0 Å². The first kappa shape index (κ1) is 36.2. The summed E-state index contributed by atoms with van der Waals surface area (Å²) in [5.41, 5.74) is -2.32. The zero-order valence-electron chi connectivity index (χ0n) is 20.1. The van der Waals surface area contributed by atoms with Crippen LogP contribution in [0.25, 0.3) is 0 Å². The van der Waals surface area contributed by atoms with E-state index >= 15 is 0 Å². The van der Waals surface area contributed by atoms with Gasteiger partial charge < -0.3 is 45.6 Å². The minimum atomic E-state index is -1.16. The monoisotopic (exact) mass is 486 g/mol. The summed E-state index contributed by atoms with van der Waals surface area (Å²) in [6, 6.07) is 0. The Kier molecular flexibility index (Phi) is 26.1. The second-order valence-electron chi connectivity index (χ2n) is 8.14. The molecule has 0 heterocycles. The molecule has 11 nitrogen and oxygen atoms in total. The molecule has 0 rings (SSSR count). The number of hydrogen-bond donors (Lipinski definition) is 8. The molecule has 0 bridgehead atoms. The molecule has 0 aromatic rings. The van der Waals surface area contributed by atoms with Gasteiger partial charge in [0.2, 0.25) is 0 Å². The molecular weight excluding hydrogens is 440 g/mol. The van der Waals surface area contributed by atoms with Crippen LogP contribution in [0, 0.1) is 10.8 Å². The Hall–Kier alpha value is -1.34. The van der Waals surface area contributed by atoms with Gasteiger partial charge in [-0.15, -0.1) is 0 Å². The van der Waals surface area contributed by atoms with E-state index in [0.717, 1.165) is 32.1 Å². The zero-order valence-corrected chi connectivity index (χ0v) is 20.1. The van der Waals surface area contributed by atoms with Gasteiger partial charge in [0.25, 0.3) is 0 Å². The number of carbonyl (C=O) groups is 2. The smallest absolute Gasteiger partial charge is 0.303 e. The SMILES string of the molecule is CCCCC(=O)O.CCCCCCC(=O)O.OCC(CO)(CO)COCC(CO)(CO)CO. The molecule has 0 unspecified atom stereocenters. The van der Waals surface area contributed by atoms with Crippen molar-refractivity contribution in [1.29, 1.82) is 0 Å². The van der Waals surface area contributed by atoms with Gasteiger partial charge in [-0.1, -0.05) is 39.5 Å². The minimum Gasteiger partial charge on any atom is -0.481 e. The van der Waals surface area contributed by atoms with Gasteiger partial charge in [0.05, 0.1) is 63.7 Å². The third kappa shape index (κ3) is 21.0. The van der Waals surface area contributed by atoms with Crippen LogP contribution in [-0.4, -0.2) is 106 Å². The summed E-state index contributed by atoms with van der Waals surface area (Å²) >= 11 is 0. The number of hydrogen-bond acceptors (Lipinski definition) is 9. The third-order valence-electron chi connectivity index (χ3n) is 4.82. The van der Waals surface area contributed by atoms with Crippen molar-refractivity contribution in [2.24, 2.45) is 10.8 Å². The molecular formula is C22H46O11. The van der Waals surface area contributed by atoms with Gasteiger partial charge in [-0.25, -0.2) is 0 Å². The number of rotatable bonds is 18. The molecule has 0 aliphatic carbocycles. The van der Waals surface area contributed by atoms with Crippen LogP contribution in [0.15, 0.2) is 0 Å². The molecule has 0 aromatic carbocycles. The van der Waals surface area contributed by atoms with Crippen LogP contribution in [0.2, 0.25) is 0 Å². The van der Waals surface area contributed by atoms with Crippen LogP contribution in [0.3, 0.4) is 0 Å². The summed E-state index contributed by atoms with van der Waals surface area (Å²) in [5, 5.41) is 70.4. The predicted octanol–water partition coefficient (Wildman–Crippen LogP) is 0.232. The van der Waals surface area contributed by atoms with E-state index in [-0.39, 0.29) is 13.2 Å². The van der Waals surface area contributed by atoms with Crippen LogP contribution in [0.4, 0.5) is 0 Å². The molecule has 0 aliphatic rings. The van der Waals surface area contributed by atoms with Gasteiger partial charge >= 0.3 is 11.9 Å². The van der Waals surface area contributed by atoms with Gasteiger partial charge in [0.1, 0.15) is 0 Å². The van der Waals surface area contributed by atoms with Crippen molar-refractivity contribution in [3.8, 4) is 0 Å². The number of aliphatic carboxylic acids is 2. The number of carboxylic acids is 2. The highest BCUT2D eigenvalue weighted by Gasteiger charge is 2.32. The van der Waals surface area contributed by atoms with E-state index in [4.69, 9.17) is 45.6 Å². The highest BCUT2D eigenvalue weighted by atomic mass is 16.5. The fourth-order valence-corrected chi connectivity index (χ4v) is 2.09. The molecule has 0 radical (unpaired) electrons. The second kappa shape index (κ2) is 23.8. The maximum Gasteiger partial charge on any atom is 0.303 e. The zero-order chi connectivity index (χ0) is 26.2. The van der Waals surface area contributed by atoms with E-state index in [1.807, 2.05) is 6.92 Å². The summed E-state index contributed by atoms with van der Waals surface area (Å²) in [6.45, 7) is 1.08. The van der Waals surface area contributed by atoms with E-state index in [0.29, 0.717) is 12.8 Å². The summed E-state index contributed by atoms with van der Waals surface area (Å²) in [7, 11) is 0. The van der Waals surface area contributed by atoms with Gasteiger partial charge in [-0.3, -0.25) is 9.59 Å². The first-order valence-electron chi connectivity index (χ1n) is 11.3. The van der Waals surface area contributed by atoms with Crippen molar-refractivity contribution < 1.29 is 55.2 Å². The Morgan fingerprint density at radius 3 is 1.15 bits per heavy atom. The maximum absolute atomic E-state index is 9.96. The lowest BCUT2D eigenvalue weighted by Crippen LogP contribution is -2.43. The Bertz CT molecular complexity index is 413. The lowest BCUT2D eigenvalue weighted by Gasteiger charge is -2.31. The first-order chi connectivity index (χ1) is 15.6. The van der Waals surface area contributed by atoms with Gasteiger partial charge in [0, 0.05) is 12.8 Å². The van der Waals surface area contributed by atoms with Crippen molar-refractivity contribution >= 4 is 11.9 Å². The number of unbranched alkanes of at least 4 members (excludes halogenated alkanes) is 4. The van der Waals surface area contributed by atoms with E-state index in [2.05, 4.69) is 6.92 Å². The molecule has 11 heteroatoms. The number of carboxylic acid groups (broad SMARTS) is 2. The van der Waals surface area contributed by atoms with E-state index in [1.54, 1.807) is 0 Å². The minimum absolute atomic E-state index is 0.141. The molecule has 0 saturated heterocycles. The highest BCUT2D eigenvalue weighted by molar-refractivity contribution is 5.66. The van der Waals surface area contributed by atoms with Crippen LogP contribution >= 0.6 is 0 Å². The lowest BCUT2D eigenvalue weighted by atomic mass is 9.91. The summed E-state index contributed by atoms with van der Waals surface area (Å²) in [6.07, 6.45) is 6.64. The van der Waals surface area contributed by atoms with Gasteiger partial charge in [-0.2, -0.15) is 0 Å². The average molecular weight is 487 g/mol. The molecule has 0 saturated carbocycles. The van der Waals surface area contributed by atoms with E-state index in [9.17, 15) is 9.59 Å². The number of aliphatic hydroxyl groups excluding tert-OH is 6. The van der Waals surface area contributed by atoms with E-state index < -0.39 is 62.4 Å². The number of aliphatic hydroxyl groups is 6. The van der Waals surface area contributed by atoms with Crippen molar-refractivity contribution in [3.63, 3.8) is 0 Å². The quantitative estimate of drug-likeness (QED) is 0.123. The molecule has 0 spiro atoms. The third-order valence-corrected chi connectivity index (χ3v) is 4.82. The fraction of sp³-hybridized carbons (Fsp3) is 0.909. The van der Waals surface area contributed by atoms with Crippen molar-refractivity contribution in [3.05, 3.63) is 0 Å². The Labute approximate surface area is 196 Å².